The van der Waals surface area contributed by atoms with Gasteiger partial charge < -0.3 is 10.1 Å². The van der Waals surface area contributed by atoms with Crippen LogP contribution in [-0.4, -0.2) is 33.4 Å². The average molecular weight is 279 g/mol. The van der Waals surface area contributed by atoms with Crippen LogP contribution in [-0.2, 0) is 6.54 Å². The number of hydrogen-bond donors (Lipinski definition) is 1. The van der Waals surface area contributed by atoms with Crippen molar-refractivity contribution >= 4 is 17.2 Å². The van der Waals surface area contributed by atoms with Gasteiger partial charge in [-0.2, -0.15) is 0 Å². The molecule has 1 aliphatic rings. The van der Waals surface area contributed by atoms with E-state index in [1.54, 1.807) is 0 Å². The van der Waals surface area contributed by atoms with Gasteiger partial charge >= 0.3 is 0 Å². The molecule has 2 unspecified atom stereocenters. The number of halogens is 1. The topological polar surface area (TPSA) is 46.6 Å². The first-order chi connectivity index (χ1) is 9.10. The van der Waals surface area contributed by atoms with Crippen LogP contribution in [0, 0.1) is 5.92 Å². The van der Waals surface area contributed by atoms with Gasteiger partial charge in [-0.1, -0.05) is 18.5 Å². The van der Waals surface area contributed by atoms with Crippen molar-refractivity contribution in [2.75, 3.05) is 13.1 Å². The molecule has 19 heavy (non-hydrogen) atoms. The number of hydrogen-bond acceptors (Lipinski definition) is 3. The van der Waals surface area contributed by atoms with Crippen LogP contribution in [0.5, 0.6) is 0 Å². The van der Waals surface area contributed by atoms with Crippen LogP contribution >= 0.6 is 11.6 Å². The van der Waals surface area contributed by atoms with E-state index in [-0.39, 0.29) is 6.04 Å². The van der Waals surface area contributed by atoms with E-state index >= 15 is 0 Å². The lowest BCUT2D eigenvalue weighted by molar-refractivity contribution is 0.157. The maximum atomic E-state index is 6.08. The van der Waals surface area contributed by atoms with E-state index in [0.29, 0.717) is 5.92 Å². The van der Waals surface area contributed by atoms with Gasteiger partial charge in [0, 0.05) is 38.1 Å². The molecule has 0 bridgehead atoms. The third-order valence-corrected chi connectivity index (χ3v) is 3.84. The molecule has 3 heterocycles. The summed E-state index contributed by atoms with van der Waals surface area (Å²) < 4.78 is 1.98. The van der Waals surface area contributed by atoms with Crippen LogP contribution in [0.25, 0.3) is 5.65 Å². The minimum absolute atomic E-state index is 0.287. The summed E-state index contributed by atoms with van der Waals surface area (Å²) in [5.74, 6) is 0.662. The summed E-state index contributed by atoms with van der Waals surface area (Å²) in [4.78, 5) is 7.01. The number of likely N-dealkylation sites (tertiary alicyclic amines) is 1. The van der Waals surface area contributed by atoms with Gasteiger partial charge in [0.1, 0.15) is 5.65 Å². The first-order valence-electron chi connectivity index (χ1n) is 6.71. The molecule has 1 aliphatic heterocycles. The van der Waals surface area contributed by atoms with Gasteiger partial charge in [-0.25, -0.2) is 4.98 Å². The molecule has 0 amide bonds. The van der Waals surface area contributed by atoms with E-state index < -0.39 is 0 Å². The molecular weight excluding hydrogens is 260 g/mol. The van der Waals surface area contributed by atoms with Gasteiger partial charge in [-0.3, -0.25) is 4.90 Å². The Bertz CT molecular complexity index is 570. The monoisotopic (exact) mass is 278 g/mol. The summed E-state index contributed by atoms with van der Waals surface area (Å²) in [5, 5.41) is 0.727. The molecule has 0 saturated carbocycles. The van der Waals surface area contributed by atoms with Gasteiger partial charge in [0.05, 0.1) is 10.7 Å². The van der Waals surface area contributed by atoms with E-state index in [2.05, 4.69) is 16.8 Å². The maximum Gasteiger partial charge on any atom is 0.137 e. The summed E-state index contributed by atoms with van der Waals surface area (Å²) in [5.41, 5.74) is 8.09. The van der Waals surface area contributed by atoms with Crippen molar-refractivity contribution in [1.82, 2.24) is 14.3 Å². The van der Waals surface area contributed by atoms with E-state index in [9.17, 15) is 0 Å². The quantitative estimate of drug-likeness (QED) is 0.916. The molecule has 1 saturated heterocycles. The van der Waals surface area contributed by atoms with Gasteiger partial charge in [-0.05, 0) is 24.5 Å². The Labute approximate surface area is 118 Å². The zero-order valence-electron chi connectivity index (χ0n) is 11.1. The van der Waals surface area contributed by atoms with Crippen LogP contribution in [0.4, 0.5) is 0 Å². The second-order valence-electron chi connectivity index (χ2n) is 5.64. The molecule has 0 spiro atoms. The second kappa shape index (κ2) is 5.12. The third-order valence-electron chi connectivity index (χ3n) is 3.62. The van der Waals surface area contributed by atoms with Crippen molar-refractivity contribution in [1.29, 1.82) is 0 Å². The van der Waals surface area contributed by atoms with Crippen molar-refractivity contribution in [3.63, 3.8) is 0 Å². The molecule has 3 rings (SSSR count). The number of piperidine rings is 1. The molecule has 2 aromatic rings. The van der Waals surface area contributed by atoms with Crippen molar-refractivity contribution in [2.24, 2.45) is 11.7 Å². The minimum atomic E-state index is 0.287. The van der Waals surface area contributed by atoms with Crippen LogP contribution in [0.2, 0.25) is 5.02 Å². The van der Waals surface area contributed by atoms with E-state index in [1.807, 2.05) is 28.9 Å². The van der Waals surface area contributed by atoms with Gasteiger partial charge in [0.2, 0.25) is 0 Å². The number of nitrogens with zero attached hydrogens (tertiary/aromatic N) is 3. The Morgan fingerprint density at radius 2 is 2.21 bits per heavy atom. The van der Waals surface area contributed by atoms with Gasteiger partial charge in [0.25, 0.3) is 0 Å². The number of aromatic nitrogens is 2. The predicted molar refractivity (Wildman–Crippen MR) is 77.2 cm³/mol. The molecule has 0 aliphatic carbocycles. The van der Waals surface area contributed by atoms with Crippen molar-refractivity contribution in [2.45, 2.75) is 25.9 Å². The van der Waals surface area contributed by atoms with Crippen LogP contribution < -0.4 is 5.73 Å². The molecular formula is C14H19ClN4. The normalized spacial score (nSPS) is 25.0. The zero-order chi connectivity index (χ0) is 13.4. The Morgan fingerprint density at radius 1 is 1.37 bits per heavy atom. The number of nitrogens with two attached hydrogens (primary N) is 1. The summed E-state index contributed by atoms with van der Waals surface area (Å²) in [6.07, 6.45) is 5.06. The highest BCUT2D eigenvalue weighted by molar-refractivity contribution is 6.30. The first-order valence-corrected chi connectivity index (χ1v) is 7.09. The molecule has 4 nitrogen and oxygen atoms in total. The third kappa shape index (κ3) is 2.91. The molecule has 2 N–H and O–H groups in total. The van der Waals surface area contributed by atoms with Gasteiger partial charge in [0.15, 0.2) is 0 Å². The van der Waals surface area contributed by atoms with Crippen LogP contribution in [0.1, 0.15) is 19.0 Å². The smallest absolute Gasteiger partial charge is 0.137 e. The number of imidazole rings is 1. The Kier molecular flexibility index (Phi) is 3.48. The summed E-state index contributed by atoms with van der Waals surface area (Å²) in [6, 6.07) is 4.10. The van der Waals surface area contributed by atoms with Crippen LogP contribution in [0.15, 0.2) is 24.5 Å². The average Bonchev–Trinajstić information content (AvgIpc) is 2.68. The Balaban J connectivity index is 1.77. The lowest BCUT2D eigenvalue weighted by Crippen LogP contribution is -2.45. The zero-order valence-corrected chi connectivity index (χ0v) is 11.8. The molecule has 2 atom stereocenters. The van der Waals surface area contributed by atoms with Crippen LogP contribution in [0.3, 0.4) is 0 Å². The molecule has 102 valence electrons. The fourth-order valence-corrected chi connectivity index (χ4v) is 3.13. The fraction of sp³-hybridized carbons (Fsp3) is 0.500. The van der Waals surface area contributed by atoms with E-state index in [0.717, 1.165) is 42.4 Å². The molecule has 0 radical (unpaired) electrons. The van der Waals surface area contributed by atoms with Crippen molar-refractivity contribution in [3.8, 4) is 0 Å². The Morgan fingerprint density at radius 3 is 3.00 bits per heavy atom. The summed E-state index contributed by atoms with van der Waals surface area (Å²) >= 11 is 5.98. The minimum Gasteiger partial charge on any atom is -0.327 e. The standard InChI is InChI=1S/C14H19ClN4/c1-10-4-12(16)7-18(5-10)8-13-9-19-6-11(15)2-3-14(19)17-13/h2-3,6,9-10,12H,4-5,7-8,16H2,1H3. The lowest BCUT2D eigenvalue weighted by atomic mass is 9.96. The van der Waals surface area contributed by atoms with Crippen molar-refractivity contribution in [3.05, 3.63) is 35.2 Å². The lowest BCUT2D eigenvalue weighted by Gasteiger charge is -2.34. The SMILES string of the molecule is CC1CC(N)CN(Cc2cn3cc(Cl)ccc3n2)C1. The second-order valence-corrected chi connectivity index (χ2v) is 6.08. The predicted octanol–water partition coefficient (Wildman–Crippen LogP) is 2.16. The highest BCUT2D eigenvalue weighted by atomic mass is 35.5. The largest absolute Gasteiger partial charge is 0.327 e. The Hall–Kier alpha value is -1.10. The van der Waals surface area contributed by atoms with E-state index in [4.69, 9.17) is 17.3 Å². The number of pyridine rings is 1. The summed E-state index contributed by atoms with van der Waals surface area (Å²) in [6.45, 7) is 5.17. The highest BCUT2D eigenvalue weighted by Crippen LogP contribution is 2.18. The number of fused-ring (bicyclic) bond motifs is 1. The number of rotatable bonds is 2. The first kappa shape index (κ1) is 12.9. The molecule has 1 fully saturated rings. The fourth-order valence-electron chi connectivity index (χ4n) is 2.96. The van der Waals surface area contributed by atoms with Gasteiger partial charge in [-0.15, -0.1) is 0 Å². The van der Waals surface area contributed by atoms with E-state index in [1.165, 1.54) is 0 Å². The molecule has 0 aromatic carbocycles. The molecule has 2 aromatic heterocycles. The summed E-state index contributed by atoms with van der Waals surface area (Å²) in [7, 11) is 0. The van der Waals surface area contributed by atoms with Crippen molar-refractivity contribution < 1.29 is 0 Å². The molecule has 5 heteroatoms. The maximum absolute atomic E-state index is 6.08. The highest BCUT2D eigenvalue weighted by Gasteiger charge is 2.22.